The molecule has 0 aromatic heterocycles. The van der Waals surface area contributed by atoms with Crippen LogP contribution < -0.4 is 14.8 Å². The molecule has 0 bridgehead atoms. The van der Waals surface area contributed by atoms with E-state index < -0.39 is 0 Å². The molecule has 0 spiro atoms. The molecule has 0 radical (unpaired) electrons. The van der Waals surface area contributed by atoms with Crippen molar-refractivity contribution >= 4 is 5.69 Å². The Hall–Kier alpha value is -2.23. The van der Waals surface area contributed by atoms with Gasteiger partial charge in [-0.05, 0) is 29.8 Å². The Morgan fingerprint density at radius 3 is 2.87 bits per heavy atom. The van der Waals surface area contributed by atoms with Crippen LogP contribution in [-0.2, 0) is 5.41 Å². The van der Waals surface area contributed by atoms with E-state index in [-0.39, 0.29) is 23.2 Å². The fraction of sp³-hybridized carbons (Fsp3) is 0.368. The molecule has 2 aliphatic heterocycles. The van der Waals surface area contributed by atoms with Gasteiger partial charge in [-0.2, -0.15) is 0 Å². The predicted octanol–water partition coefficient (Wildman–Crippen LogP) is 4.29. The molecule has 0 unspecified atom stereocenters. The molecule has 2 atom stereocenters. The molecule has 2 aromatic carbocycles. The number of methoxy groups -OCH3 is 1. The van der Waals surface area contributed by atoms with Crippen molar-refractivity contribution in [2.24, 2.45) is 5.92 Å². The number of nitrogens with one attached hydrogen (secondary N) is 1. The Kier molecular flexibility index (Phi) is 3.05. The summed E-state index contributed by atoms with van der Waals surface area (Å²) in [5, 5.41) is 3.59. The van der Waals surface area contributed by atoms with Crippen LogP contribution in [-0.4, -0.2) is 13.7 Å². The van der Waals surface area contributed by atoms with E-state index in [1.165, 1.54) is 6.07 Å². The van der Waals surface area contributed by atoms with Crippen molar-refractivity contribution in [3.8, 4) is 11.5 Å². The van der Waals surface area contributed by atoms with E-state index >= 15 is 0 Å². The lowest BCUT2D eigenvalue weighted by atomic mass is 9.65. The van der Waals surface area contributed by atoms with Gasteiger partial charge in [-0.1, -0.05) is 26.0 Å². The van der Waals surface area contributed by atoms with Crippen LogP contribution in [0, 0.1) is 11.7 Å². The second kappa shape index (κ2) is 4.88. The molecule has 0 saturated heterocycles. The van der Waals surface area contributed by atoms with Gasteiger partial charge in [-0.15, -0.1) is 0 Å². The molecule has 23 heavy (non-hydrogen) atoms. The summed E-state index contributed by atoms with van der Waals surface area (Å²) in [6, 6.07) is 11.1. The van der Waals surface area contributed by atoms with Crippen LogP contribution in [0.15, 0.2) is 36.4 Å². The van der Waals surface area contributed by atoms with Crippen molar-refractivity contribution in [1.29, 1.82) is 0 Å². The summed E-state index contributed by atoms with van der Waals surface area (Å²) < 4.78 is 25.2. The molecule has 2 heterocycles. The van der Waals surface area contributed by atoms with E-state index in [4.69, 9.17) is 9.47 Å². The highest BCUT2D eigenvalue weighted by Gasteiger charge is 2.46. The lowest BCUT2D eigenvalue weighted by Crippen LogP contribution is -2.46. The van der Waals surface area contributed by atoms with Gasteiger partial charge < -0.3 is 14.8 Å². The zero-order valence-corrected chi connectivity index (χ0v) is 13.5. The van der Waals surface area contributed by atoms with Crippen molar-refractivity contribution in [1.82, 2.24) is 0 Å². The molecule has 3 nitrogen and oxygen atoms in total. The van der Waals surface area contributed by atoms with Gasteiger partial charge in [-0.3, -0.25) is 0 Å². The van der Waals surface area contributed by atoms with E-state index in [1.54, 1.807) is 13.2 Å². The smallest absolute Gasteiger partial charge is 0.166 e. The number of hydrogen-bond acceptors (Lipinski definition) is 3. The molecule has 0 aliphatic carbocycles. The summed E-state index contributed by atoms with van der Waals surface area (Å²) in [5.74, 6) is 1.59. The maximum absolute atomic E-state index is 13.7. The zero-order chi connectivity index (χ0) is 16.2. The fourth-order valence-electron chi connectivity index (χ4n) is 3.93. The van der Waals surface area contributed by atoms with Crippen molar-refractivity contribution in [2.45, 2.75) is 25.3 Å². The van der Waals surface area contributed by atoms with Crippen LogP contribution in [0.3, 0.4) is 0 Å². The fourth-order valence-corrected chi connectivity index (χ4v) is 3.93. The minimum absolute atomic E-state index is 0.127. The third kappa shape index (κ3) is 2.01. The summed E-state index contributed by atoms with van der Waals surface area (Å²) in [6.45, 7) is 4.91. The van der Waals surface area contributed by atoms with Gasteiger partial charge >= 0.3 is 0 Å². The molecule has 120 valence electrons. The molecule has 4 heteroatoms. The van der Waals surface area contributed by atoms with Crippen LogP contribution in [0.25, 0.3) is 0 Å². The van der Waals surface area contributed by atoms with E-state index in [0.29, 0.717) is 6.61 Å². The van der Waals surface area contributed by atoms with Gasteiger partial charge in [0.25, 0.3) is 0 Å². The van der Waals surface area contributed by atoms with E-state index in [2.05, 4.69) is 25.2 Å². The third-order valence-electron chi connectivity index (χ3n) is 5.29. The average molecular weight is 313 g/mol. The lowest BCUT2D eigenvalue weighted by Gasteiger charge is -2.48. The number of ether oxygens (including phenoxy) is 2. The molecular weight excluding hydrogens is 293 g/mol. The molecule has 0 amide bonds. The topological polar surface area (TPSA) is 30.5 Å². The minimum Gasteiger partial charge on any atom is -0.493 e. The molecule has 2 aliphatic rings. The Morgan fingerprint density at radius 2 is 2.09 bits per heavy atom. The predicted molar refractivity (Wildman–Crippen MR) is 87.8 cm³/mol. The van der Waals surface area contributed by atoms with E-state index in [0.717, 1.165) is 28.3 Å². The summed E-state index contributed by atoms with van der Waals surface area (Å²) in [7, 11) is 1.65. The second-order valence-corrected chi connectivity index (χ2v) is 6.83. The molecule has 0 saturated carbocycles. The SMILES string of the molecule is COc1cccc2c1OC[C@@H]1[C@H]2Nc2ccc(F)cc2C1(C)C. The summed E-state index contributed by atoms with van der Waals surface area (Å²) >= 11 is 0. The largest absolute Gasteiger partial charge is 0.493 e. The summed E-state index contributed by atoms with van der Waals surface area (Å²) in [6.07, 6.45) is 0. The first kappa shape index (κ1) is 14.4. The summed E-state index contributed by atoms with van der Waals surface area (Å²) in [5.41, 5.74) is 2.92. The zero-order valence-electron chi connectivity index (χ0n) is 13.5. The highest BCUT2D eigenvalue weighted by Crippen LogP contribution is 2.53. The van der Waals surface area contributed by atoms with Gasteiger partial charge in [0.2, 0.25) is 0 Å². The molecule has 2 aromatic rings. The van der Waals surface area contributed by atoms with Crippen LogP contribution in [0.5, 0.6) is 11.5 Å². The van der Waals surface area contributed by atoms with Gasteiger partial charge in [0.15, 0.2) is 11.5 Å². The Balaban J connectivity index is 1.86. The van der Waals surface area contributed by atoms with E-state index in [1.807, 2.05) is 18.2 Å². The normalized spacial score (nSPS) is 23.7. The highest BCUT2D eigenvalue weighted by molar-refractivity contribution is 5.62. The Labute approximate surface area is 135 Å². The maximum atomic E-state index is 13.7. The number of halogens is 1. The lowest BCUT2D eigenvalue weighted by molar-refractivity contribution is 0.131. The van der Waals surface area contributed by atoms with Gasteiger partial charge in [0, 0.05) is 22.6 Å². The van der Waals surface area contributed by atoms with Gasteiger partial charge in [0.1, 0.15) is 5.82 Å². The summed E-state index contributed by atoms with van der Waals surface area (Å²) in [4.78, 5) is 0. The van der Waals surface area contributed by atoms with Gasteiger partial charge in [0.05, 0.1) is 19.8 Å². The monoisotopic (exact) mass is 313 g/mol. The number of rotatable bonds is 1. The molecule has 1 N–H and O–H groups in total. The first-order valence-corrected chi connectivity index (χ1v) is 7.88. The number of fused-ring (bicyclic) bond motifs is 4. The van der Waals surface area contributed by atoms with Crippen molar-refractivity contribution < 1.29 is 13.9 Å². The number of benzene rings is 2. The number of para-hydroxylation sites is 1. The van der Waals surface area contributed by atoms with Crippen LogP contribution in [0.1, 0.15) is 31.0 Å². The second-order valence-electron chi connectivity index (χ2n) is 6.83. The first-order chi connectivity index (χ1) is 11.0. The van der Waals surface area contributed by atoms with Crippen molar-refractivity contribution in [3.05, 3.63) is 53.3 Å². The average Bonchev–Trinajstić information content (AvgIpc) is 2.55. The first-order valence-electron chi connectivity index (χ1n) is 7.88. The standard InChI is InChI=1S/C19H20FNO2/c1-19(2)13-9-11(20)7-8-15(13)21-17-12-5-4-6-16(22-3)18(12)23-10-14(17)19/h4-9,14,17,21H,10H2,1-3H3/t14-,17+/m1/s1. The Bertz CT molecular complexity index is 772. The molecule has 4 rings (SSSR count). The highest BCUT2D eigenvalue weighted by atomic mass is 19.1. The third-order valence-corrected chi connectivity index (χ3v) is 5.29. The van der Waals surface area contributed by atoms with Crippen LogP contribution in [0.4, 0.5) is 10.1 Å². The molecular formula is C19H20FNO2. The molecule has 0 fully saturated rings. The minimum atomic E-state index is -0.198. The van der Waals surface area contributed by atoms with Crippen molar-refractivity contribution in [3.63, 3.8) is 0 Å². The number of hydrogen-bond donors (Lipinski definition) is 1. The Morgan fingerprint density at radius 1 is 1.26 bits per heavy atom. The van der Waals surface area contributed by atoms with Gasteiger partial charge in [-0.25, -0.2) is 4.39 Å². The van der Waals surface area contributed by atoms with Crippen LogP contribution >= 0.6 is 0 Å². The maximum Gasteiger partial charge on any atom is 0.166 e. The quantitative estimate of drug-likeness (QED) is 0.852. The number of anilines is 1. The van der Waals surface area contributed by atoms with Crippen LogP contribution in [0.2, 0.25) is 0 Å². The van der Waals surface area contributed by atoms with E-state index in [9.17, 15) is 4.39 Å². The van der Waals surface area contributed by atoms with Crippen molar-refractivity contribution in [2.75, 3.05) is 19.0 Å².